The van der Waals surface area contributed by atoms with Crippen molar-refractivity contribution in [3.63, 3.8) is 0 Å². The molecule has 0 saturated heterocycles. The number of hydrogen-bond acceptors (Lipinski definition) is 5. The number of sulfone groups is 1. The number of aliphatic carboxylic acids is 1. The van der Waals surface area contributed by atoms with Crippen LogP contribution in [0.2, 0.25) is 0 Å². The van der Waals surface area contributed by atoms with Crippen molar-refractivity contribution in [2.45, 2.75) is 45.6 Å². The standard InChI is InChI=1S/C18H26BrNO6S/c1-3-13-7-8-16(14(19)12-13)26-10-5-6-17(21)20-15(18(22)23)9-11-27(24,25)4-2/h7-8,12,15H,3-6,9-11H2,1-2H3,(H,20,21)(H,22,23). The molecule has 27 heavy (non-hydrogen) atoms. The van der Waals surface area contributed by atoms with Crippen LogP contribution in [0.25, 0.3) is 0 Å². The Balaban J connectivity index is 2.41. The molecule has 0 aliphatic carbocycles. The van der Waals surface area contributed by atoms with Crippen LogP contribution >= 0.6 is 15.9 Å². The molecule has 1 aromatic carbocycles. The molecule has 7 nitrogen and oxygen atoms in total. The summed E-state index contributed by atoms with van der Waals surface area (Å²) in [7, 11) is -3.28. The second-order valence-corrected chi connectivity index (χ2v) is 9.38. The normalized spacial score (nSPS) is 12.4. The van der Waals surface area contributed by atoms with Crippen LogP contribution in [0, 0.1) is 0 Å². The number of carboxylic acids is 1. The van der Waals surface area contributed by atoms with Crippen molar-refractivity contribution in [1.82, 2.24) is 5.32 Å². The van der Waals surface area contributed by atoms with E-state index in [1.165, 1.54) is 12.5 Å². The third-order valence-electron chi connectivity index (χ3n) is 4.00. The lowest BCUT2D eigenvalue weighted by atomic mass is 10.2. The third-order valence-corrected chi connectivity index (χ3v) is 6.36. The zero-order valence-electron chi connectivity index (χ0n) is 15.5. The number of nitrogens with one attached hydrogen (secondary N) is 1. The Bertz CT molecular complexity index is 750. The predicted octanol–water partition coefficient (Wildman–Crippen LogP) is 2.56. The van der Waals surface area contributed by atoms with Crippen molar-refractivity contribution in [2.24, 2.45) is 0 Å². The number of amides is 1. The van der Waals surface area contributed by atoms with Gasteiger partial charge < -0.3 is 15.2 Å². The van der Waals surface area contributed by atoms with Gasteiger partial charge >= 0.3 is 5.97 Å². The van der Waals surface area contributed by atoms with Gasteiger partial charge in [-0.25, -0.2) is 13.2 Å². The number of hydrogen-bond donors (Lipinski definition) is 2. The van der Waals surface area contributed by atoms with Gasteiger partial charge in [0.1, 0.15) is 21.6 Å². The van der Waals surface area contributed by atoms with Crippen LogP contribution in [-0.2, 0) is 25.8 Å². The van der Waals surface area contributed by atoms with E-state index < -0.39 is 27.8 Å². The maximum absolute atomic E-state index is 11.9. The monoisotopic (exact) mass is 463 g/mol. The lowest BCUT2D eigenvalue weighted by Gasteiger charge is -2.14. The molecule has 1 atom stereocenters. The third kappa shape index (κ3) is 8.75. The number of carboxylic acid groups (broad SMARTS) is 1. The zero-order chi connectivity index (χ0) is 20.4. The summed E-state index contributed by atoms with van der Waals surface area (Å²) in [6, 6.07) is 4.59. The fourth-order valence-electron chi connectivity index (χ4n) is 2.26. The van der Waals surface area contributed by atoms with Crippen LogP contribution < -0.4 is 10.1 Å². The number of rotatable bonds is 12. The average molecular weight is 464 g/mol. The number of carbonyl (C=O) groups excluding carboxylic acids is 1. The molecule has 0 heterocycles. The first-order valence-electron chi connectivity index (χ1n) is 8.82. The maximum atomic E-state index is 11.9. The molecular formula is C18H26BrNO6S. The van der Waals surface area contributed by atoms with Gasteiger partial charge in [-0.15, -0.1) is 0 Å². The summed E-state index contributed by atoms with van der Waals surface area (Å²) in [5.41, 5.74) is 1.18. The highest BCUT2D eigenvalue weighted by Crippen LogP contribution is 2.26. The zero-order valence-corrected chi connectivity index (χ0v) is 17.9. The molecule has 0 aliphatic rings. The van der Waals surface area contributed by atoms with Crippen LogP contribution in [-0.4, -0.2) is 49.6 Å². The number of carbonyl (C=O) groups is 2. The smallest absolute Gasteiger partial charge is 0.326 e. The Hall–Kier alpha value is -1.61. The van der Waals surface area contributed by atoms with Crippen molar-refractivity contribution >= 4 is 37.6 Å². The Kier molecular flexibility index (Phi) is 9.79. The van der Waals surface area contributed by atoms with Crippen LogP contribution in [0.4, 0.5) is 0 Å². The van der Waals surface area contributed by atoms with Crippen molar-refractivity contribution in [2.75, 3.05) is 18.1 Å². The van der Waals surface area contributed by atoms with Gasteiger partial charge in [-0.05, 0) is 52.9 Å². The Labute approximate surface area is 168 Å². The van der Waals surface area contributed by atoms with E-state index in [2.05, 4.69) is 28.2 Å². The SMILES string of the molecule is CCc1ccc(OCCCC(=O)NC(CCS(=O)(=O)CC)C(=O)O)c(Br)c1. The number of benzene rings is 1. The van der Waals surface area contributed by atoms with E-state index in [9.17, 15) is 18.0 Å². The number of ether oxygens (including phenoxy) is 1. The second-order valence-electron chi connectivity index (χ2n) is 6.05. The topological polar surface area (TPSA) is 110 Å². The Morgan fingerprint density at radius 1 is 1.30 bits per heavy atom. The largest absolute Gasteiger partial charge is 0.492 e. The highest BCUT2D eigenvalue weighted by Gasteiger charge is 2.22. The Morgan fingerprint density at radius 3 is 2.56 bits per heavy atom. The molecule has 0 saturated carbocycles. The lowest BCUT2D eigenvalue weighted by Crippen LogP contribution is -2.42. The summed E-state index contributed by atoms with van der Waals surface area (Å²) in [5.74, 6) is -1.34. The van der Waals surface area contributed by atoms with Crippen LogP contribution in [0.5, 0.6) is 5.75 Å². The van der Waals surface area contributed by atoms with E-state index in [-0.39, 0.29) is 24.3 Å². The molecule has 0 fully saturated rings. The van der Waals surface area contributed by atoms with Crippen molar-refractivity contribution in [1.29, 1.82) is 0 Å². The van der Waals surface area contributed by atoms with E-state index in [4.69, 9.17) is 9.84 Å². The van der Waals surface area contributed by atoms with Crippen molar-refractivity contribution in [3.8, 4) is 5.75 Å². The van der Waals surface area contributed by atoms with Crippen LogP contribution in [0.15, 0.2) is 22.7 Å². The predicted molar refractivity (Wildman–Crippen MR) is 107 cm³/mol. The minimum Gasteiger partial charge on any atom is -0.492 e. The van der Waals surface area contributed by atoms with Gasteiger partial charge in [0.25, 0.3) is 0 Å². The van der Waals surface area contributed by atoms with E-state index >= 15 is 0 Å². The molecule has 0 spiro atoms. The quantitative estimate of drug-likeness (QED) is 0.460. The molecule has 1 aromatic rings. The number of halogens is 1. The first-order valence-corrected chi connectivity index (χ1v) is 11.4. The molecule has 1 unspecified atom stereocenters. The maximum Gasteiger partial charge on any atom is 0.326 e. The molecular weight excluding hydrogens is 438 g/mol. The van der Waals surface area contributed by atoms with E-state index in [0.29, 0.717) is 18.8 Å². The molecule has 1 amide bonds. The summed E-state index contributed by atoms with van der Waals surface area (Å²) >= 11 is 3.44. The summed E-state index contributed by atoms with van der Waals surface area (Å²) in [6.07, 6.45) is 1.27. The molecule has 0 radical (unpaired) electrons. The fourth-order valence-corrected chi connectivity index (χ4v) is 3.69. The summed E-state index contributed by atoms with van der Waals surface area (Å²) in [5, 5.41) is 11.5. The first kappa shape index (κ1) is 23.4. The minimum absolute atomic E-state index is 0.0561. The highest BCUT2D eigenvalue weighted by molar-refractivity contribution is 9.10. The number of aryl methyl sites for hydroxylation is 1. The molecule has 152 valence electrons. The van der Waals surface area contributed by atoms with Crippen LogP contribution in [0.3, 0.4) is 0 Å². The van der Waals surface area contributed by atoms with E-state index in [1.807, 2.05) is 18.2 Å². The Morgan fingerprint density at radius 2 is 2.00 bits per heavy atom. The van der Waals surface area contributed by atoms with Gasteiger partial charge in [0.2, 0.25) is 5.91 Å². The van der Waals surface area contributed by atoms with Gasteiger partial charge in [-0.2, -0.15) is 0 Å². The highest BCUT2D eigenvalue weighted by atomic mass is 79.9. The van der Waals surface area contributed by atoms with Gasteiger partial charge in [-0.3, -0.25) is 4.79 Å². The molecule has 0 aliphatic heterocycles. The first-order chi connectivity index (χ1) is 12.7. The molecule has 1 rings (SSSR count). The average Bonchev–Trinajstić information content (AvgIpc) is 2.62. The summed E-state index contributed by atoms with van der Waals surface area (Å²) < 4.78 is 29.5. The summed E-state index contributed by atoms with van der Waals surface area (Å²) in [6.45, 7) is 3.86. The summed E-state index contributed by atoms with van der Waals surface area (Å²) in [4.78, 5) is 23.1. The van der Waals surface area contributed by atoms with E-state index in [0.717, 1.165) is 10.9 Å². The van der Waals surface area contributed by atoms with Crippen molar-refractivity contribution in [3.05, 3.63) is 28.2 Å². The van der Waals surface area contributed by atoms with Gasteiger partial charge in [0, 0.05) is 12.2 Å². The lowest BCUT2D eigenvalue weighted by molar-refractivity contribution is -0.141. The minimum atomic E-state index is -3.28. The molecule has 0 aromatic heterocycles. The molecule has 0 bridgehead atoms. The van der Waals surface area contributed by atoms with Gasteiger partial charge in [0.05, 0.1) is 16.8 Å². The second kappa shape index (κ2) is 11.3. The van der Waals surface area contributed by atoms with E-state index in [1.54, 1.807) is 0 Å². The van der Waals surface area contributed by atoms with Crippen molar-refractivity contribution < 1.29 is 27.9 Å². The molecule has 2 N–H and O–H groups in total. The molecule has 9 heteroatoms. The van der Waals surface area contributed by atoms with Gasteiger partial charge in [0.15, 0.2) is 0 Å². The van der Waals surface area contributed by atoms with Crippen LogP contribution in [0.1, 0.15) is 38.7 Å². The van der Waals surface area contributed by atoms with Gasteiger partial charge in [-0.1, -0.05) is 19.9 Å². The fraction of sp³-hybridized carbons (Fsp3) is 0.556.